The van der Waals surface area contributed by atoms with Gasteiger partial charge in [0.25, 0.3) is 0 Å². The fourth-order valence-electron chi connectivity index (χ4n) is 2.86. The molecule has 0 unspecified atom stereocenters. The summed E-state index contributed by atoms with van der Waals surface area (Å²) in [7, 11) is 1.48. The molecule has 1 aliphatic rings. The van der Waals surface area contributed by atoms with Gasteiger partial charge in [-0.2, -0.15) is 13.2 Å². The van der Waals surface area contributed by atoms with Gasteiger partial charge in [0.2, 0.25) is 0 Å². The van der Waals surface area contributed by atoms with Gasteiger partial charge >= 0.3 is 18.5 Å². The van der Waals surface area contributed by atoms with Crippen molar-refractivity contribution in [3.8, 4) is 0 Å². The summed E-state index contributed by atoms with van der Waals surface area (Å²) in [4.78, 5) is 23.6. The summed E-state index contributed by atoms with van der Waals surface area (Å²) in [6.07, 6.45) is -8.26. The van der Waals surface area contributed by atoms with Crippen LogP contribution in [0.3, 0.4) is 0 Å². The van der Waals surface area contributed by atoms with Gasteiger partial charge in [-0.1, -0.05) is 18.2 Å². The van der Waals surface area contributed by atoms with E-state index >= 15 is 0 Å². The molecule has 0 spiro atoms. The van der Waals surface area contributed by atoms with E-state index in [-0.39, 0.29) is 28.5 Å². The first-order valence-electron chi connectivity index (χ1n) is 7.58. The van der Waals surface area contributed by atoms with Crippen molar-refractivity contribution in [3.63, 3.8) is 0 Å². The molecule has 2 rings (SSSR count). The minimum absolute atomic E-state index is 0.203. The van der Waals surface area contributed by atoms with Crippen LogP contribution < -0.4 is 0 Å². The largest absolute Gasteiger partial charge is 0.511 e. The van der Waals surface area contributed by atoms with Crippen molar-refractivity contribution >= 4 is 12.3 Å². The van der Waals surface area contributed by atoms with Gasteiger partial charge in [0.1, 0.15) is 17.4 Å². The molecule has 0 aromatic heterocycles. The first-order chi connectivity index (χ1) is 12.4. The highest BCUT2D eigenvalue weighted by Crippen LogP contribution is 2.46. The third-order valence-corrected chi connectivity index (χ3v) is 4.22. The number of rotatable bonds is 3. The summed E-state index contributed by atoms with van der Waals surface area (Å²) < 4.78 is 50.0. The lowest BCUT2D eigenvalue weighted by atomic mass is 9.86. The Balaban J connectivity index is 2.80. The molecule has 0 fully saturated rings. The molecular formula is C17H16F3NO6. The fourth-order valence-corrected chi connectivity index (χ4v) is 2.86. The van der Waals surface area contributed by atoms with Crippen molar-refractivity contribution < 1.29 is 42.4 Å². The molecule has 7 nitrogen and oxygen atoms in total. The number of allylic oxidation sites excluding steroid dienone is 2. The highest BCUT2D eigenvalue weighted by molar-refractivity contribution is 5.63. The lowest BCUT2D eigenvalue weighted by Crippen LogP contribution is -2.31. The van der Waals surface area contributed by atoms with Crippen molar-refractivity contribution in [1.82, 2.24) is 4.90 Å². The van der Waals surface area contributed by atoms with Crippen LogP contribution >= 0.6 is 0 Å². The molecular weight excluding hydrogens is 371 g/mol. The Bertz CT molecular complexity index is 803. The second kappa shape index (κ2) is 7.22. The molecule has 0 amide bonds. The third-order valence-electron chi connectivity index (χ3n) is 4.22. The van der Waals surface area contributed by atoms with E-state index in [0.29, 0.717) is 0 Å². The van der Waals surface area contributed by atoms with E-state index in [2.05, 4.69) is 0 Å². The molecule has 146 valence electrons. The van der Waals surface area contributed by atoms with Gasteiger partial charge < -0.3 is 24.6 Å². The summed E-state index contributed by atoms with van der Waals surface area (Å²) in [5, 5.41) is 18.1. The predicted molar refractivity (Wildman–Crippen MR) is 85.6 cm³/mol. The van der Waals surface area contributed by atoms with Crippen molar-refractivity contribution in [3.05, 3.63) is 58.3 Å². The summed E-state index contributed by atoms with van der Waals surface area (Å²) in [6.45, 7) is 2.89. The van der Waals surface area contributed by atoms with E-state index in [1.54, 1.807) is 0 Å². The molecule has 0 radical (unpaired) electrons. The van der Waals surface area contributed by atoms with Crippen LogP contribution in [0.2, 0.25) is 0 Å². The van der Waals surface area contributed by atoms with Crippen LogP contribution in [0.25, 0.3) is 0 Å². The van der Waals surface area contributed by atoms with Crippen LogP contribution in [0.4, 0.5) is 22.8 Å². The van der Waals surface area contributed by atoms with Gasteiger partial charge in [-0.25, -0.2) is 9.59 Å². The van der Waals surface area contributed by atoms with Crippen LogP contribution in [0, 0.1) is 0 Å². The van der Waals surface area contributed by atoms with Crippen molar-refractivity contribution in [1.29, 1.82) is 0 Å². The molecule has 27 heavy (non-hydrogen) atoms. The SMILES string of the molecule is CC1=C(OC(=O)O)C(c2ccccc2C(F)(F)F)C(OC(=O)O)=C(C)N1C. The van der Waals surface area contributed by atoms with Gasteiger partial charge in [0, 0.05) is 7.05 Å². The van der Waals surface area contributed by atoms with Crippen LogP contribution in [0.1, 0.15) is 30.9 Å². The van der Waals surface area contributed by atoms with E-state index in [9.17, 15) is 22.8 Å². The molecule has 0 saturated heterocycles. The topological polar surface area (TPSA) is 96.3 Å². The van der Waals surface area contributed by atoms with Crippen LogP contribution in [-0.2, 0) is 15.7 Å². The Morgan fingerprint density at radius 3 is 1.85 bits per heavy atom. The number of carboxylic acid groups (broad SMARTS) is 2. The molecule has 1 heterocycles. The van der Waals surface area contributed by atoms with Crippen LogP contribution in [-0.4, -0.2) is 34.5 Å². The van der Waals surface area contributed by atoms with Gasteiger partial charge in [-0.3, -0.25) is 0 Å². The van der Waals surface area contributed by atoms with Gasteiger partial charge in [0.05, 0.1) is 17.0 Å². The zero-order valence-corrected chi connectivity index (χ0v) is 14.5. The van der Waals surface area contributed by atoms with Gasteiger partial charge in [-0.05, 0) is 25.5 Å². The molecule has 1 aliphatic heterocycles. The number of carbonyl (C=O) groups is 2. The maximum atomic E-state index is 13.5. The Kier molecular flexibility index (Phi) is 5.38. The van der Waals surface area contributed by atoms with Crippen molar-refractivity contribution in [2.45, 2.75) is 25.9 Å². The van der Waals surface area contributed by atoms with E-state index in [1.165, 1.54) is 37.9 Å². The first-order valence-corrected chi connectivity index (χ1v) is 7.58. The molecule has 0 aliphatic carbocycles. The zero-order valence-electron chi connectivity index (χ0n) is 14.5. The number of alkyl halides is 3. The smallest absolute Gasteiger partial charge is 0.449 e. The summed E-state index contributed by atoms with van der Waals surface area (Å²) >= 11 is 0. The Hall–Kier alpha value is -3.17. The number of benzene rings is 1. The lowest BCUT2D eigenvalue weighted by Gasteiger charge is -2.35. The Morgan fingerprint density at radius 1 is 1.00 bits per heavy atom. The van der Waals surface area contributed by atoms with E-state index in [1.807, 2.05) is 0 Å². The maximum absolute atomic E-state index is 13.5. The standard InChI is InChI=1S/C17H16F3NO6/c1-8-13(26-15(22)23)12(14(27-16(24)25)9(2)21(8)3)10-6-4-5-7-11(10)17(18,19)20/h4-7,12H,1-3H3,(H,22,23)(H,24,25). The second-order valence-corrected chi connectivity index (χ2v) is 5.71. The van der Waals surface area contributed by atoms with Crippen molar-refractivity contribution in [2.75, 3.05) is 7.05 Å². The number of ether oxygens (including phenoxy) is 2. The molecule has 2 N–H and O–H groups in total. The molecule has 0 atom stereocenters. The van der Waals surface area contributed by atoms with E-state index in [4.69, 9.17) is 19.7 Å². The number of nitrogens with zero attached hydrogens (tertiary/aromatic N) is 1. The fraction of sp³-hybridized carbons (Fsp3) is 0.294. The summed E-state index contributed by atoms with van der Waals surface area (Å²) in [6, 6.07) is 4.43. The Morgan fingerprint density at radius 2 is 1.44 bits per heavy atom. The number of halogens is 3. The lowest BCUT2D eigenvalue weighted by molar-refractivity contribution is -0.138. The molecule has 1 aromatic carbocycles. The third kappa shape index (κ3) is 3.99. The summed E-state index contributed by atoms with van der Waals surface area (Å²) in [5.74, 6) is -2.25. The van der Waals surface area contributed by atoms with E-state index in [0.717, 1.165) is 12.1 Å². The normalized spacial score (nSPS) is 15.9. The molecule has 0 bridgehead atoms. The monoisotopic (exact) mass is 387 g/mol. The highest BCUT2D eigenvalue weighted by atomic mass is 19.4. The predicted octanol–water partition coefficient (Wildman–Crippen LogP) is 4.59. The van der Waals surface area contributed by atoms with Gasteiger partial charge in [0.15, 0.2) is 0 Å². The maximum Gasteiger partial charge on any atom is 0.511 e. The quantitative estimate of drug-likeness (QED) is 0.733. The second-order valence-electron chi connectivity index (χ2n) is 5.71. The summed E-state index contributed by atoms with van der Waals surface area (Å²) in [5.41, 5.74) is -1.04. The molecule has 0 saturated carbocycles. The van der Waals surface area contributed by atoms with Crippen LogP contribution in [0.5, 0.6) is 0 Å². The number of hydrogen-bond acceptors (Lipinski definition) is 5. The average molecular weight is 387 g/mol. The minimum atomic E-state index is -4.76. The average Bonchev–Trinajstić information content (AvgIpc) is 2.56. The van der Waals surface area contributed by atoms with E-state index < -0.39 is 30.0 Å². The minimum Gasteiger partial charge on any atom is -0.449 e. The Labute approximate surface area is 151 Å². The van der Waals surface area contributed by atoms with Crippen LogP contribution in [0.15, 0.2) is 47.2 Å². The van der Waals surface area contributed by atoms with Gasteiger partial charge in [-0.15, -0.1) is 0 Å². The van der Waals surface area contributed by atoms with Crippen molar-refractivity contribution in [2.24, 2.45) is 0 Å². The zero-order chi connectivity index (χ0) is 20.5. The highest BCUT2D eigenvalue weighted by Gasteiger charge is 2.42. The number of hydrogen-bond donors (Lipinski definition) is 2. The first kappa shape index (κ1) is 20.1. The molecule has 10 heteroatoms. The molecule has 1 aromatic rings.